The first-order chi connectivity index (χ1) is 39.6. The normalized spacial score (nSPS) is 15.9. The van der Waals surface area contributed by atoms with Crippen molar-refractivity contribution in [2.75, 3.05) is 4.90 Å². The van der Waals surface area contributed by atoms with Gasteiger partial charge in [-0.25, -0.2) is 0 Å². The topological polar surface area (TPSA) is 3.24 Å². The van der Waals surface area contributed by atoms with E-state index < -0.39 is 5.41 Å². The van der Waals surface area contributed by atoms with Gasteiger partial charge in [-0.3, -0.25) is 0 Å². The van der Waals surface area contributed by atoms with Crippen molar-refractivity contribution in [2.45, 2.75) is 85.0 Å². The van der Waals surface area contributed by atoms with Gasteiger partial charge >= 0.3 is 0 Å². The van der Waals surface area contributed by atoms with E-state index in [4.69, 9.17) is 0 Å². The van der Waals surface area contributed by atoms with Crippen LogP contribution < -0.4 is 4.90 Å². The Morgan fingerprint density at radius 1 is 0.341 bits per heavy atom. The van der Waals surface area contributed by atoms with Crippen LogP contribution in [0.25, 0.3) is 77.9 Å². The lowest BCUT2D eigenvalue weighted by atomic mass is 9.67. The molecule has 11 aromatic carbocycles. The van der Waals surface area contributed by atoms with Crippen molar-refractivity contribution in [1.82, 2.24) is 0 Å². The number of fused-ring (bicyclic) bond motifs is 16. The number of hydrogen-bond acceptors (Lipinski definition) is 1. The minimum Gasteiger partial charge on any atom is -0.310 e. The first-order valence-corrected chi connectivity index (χ1v) is 29.7. The molecule has 1 nitrogen and oxygen atoms in total. The van der Waals surface area contributed by atoms with Crippen LogP contribution in [-0.2, 0) is 17.3 Å². The Kier molecular flexibility index (Phi) is 11.2. The maximum atomic E-state index is 2.58. The lowest BCUT2D eigenvalue weighted by molar-refractivity contribution is 0.229. The molecule has 0 radical (unpaired) electrons. The van der Waals surface area contributed by atoms with Gasteiger partial charge in [0.25, 0.3) is 0 Å². The van der Waals surface area contributed by atoms with Crippen LogP contribution in [-0.4, -0.2) is 0 Å². The number of hydrogen-bond donors (Lipinski definition) is 0. The Morgan fingerprint density at radius 3 is 1.46 bits per heavy atom. The van der Waals surface area contributed by atoms with Crippen molar-refractivity contribution < 1.29 is 0 Å². The minimum absolute atomic E-state index is 0.0906. The van der Waals surface area contributed by atoms with Gasteiger partial charge < -0.3 is 4.90 Å². The summed E-state index contributed by atoms with van der Waals surface area (Å²) in [6, 6.07) is 92.9. The summed E-state index contributed by atoms with van der Waals surface area (Å²) >= 11 is 0. The Labute approximate surface area is 485 Å². The third-order valence-corrected chi connectivity index (χ3v) is 19.1. The molecular weight excluding hydrogens is 987 g/mol. The standard InChI is InChI=1S/C81H69N/c1-78(2,3)50-77(79(4,5)6)63-23-13-12-22-61(63)56-35-42-69-66-26-16-19-29-73(66)81(76(69)47-56)72-28-18-15-25-65(72)68-41-34-54(46-75(68)81)53-33-40-62-57(44-53)45-55-32-38-59(48-70(55)62)82(58-36-30-52(31-37-58)51-20-10-9-11-21-51)60-39-43-67-64-24-14-17-27-71(64)80(7,8)74(67)49-60/h9-44,46-49,77H,45,50H2,1-8H3. The van der Waals surface area contributed by atoms with Gasteiger partial charge in [0, 0.05) is 22.5 Å². The van der Waals surface area contributed by atoms with Gasteiger partial charge in [-0.1, -0.05) is 250 Å². The molecule has 4 aliphatic carbocycles. The lowest BCUT2D eigenvalue weighted by Crippen LogP contribution is -2.26. The summed E-state index contributed by atoms with van der Waals surface area (Å²) < 4.78 is 0. The summed E-state index contributed by atoms with van der Waals surface area (Å²) in [6.07, 6.45) is 2.01. The van der Waals surface area contributed by atoms with E-state index in [0.29, 0.717) is 5.92 Å². The molecule has 0 bridgehead atoms. The average Bonchev–Trinajstić information content (AvgIpc) is 1.61. The van der Waals surface area contributed by atoms with E-state index in [1.807, 2.05) is 0 Å². The lowest BCUT2D eigenvalue weighted by Gasteiger charge is -2.37. The quantitative estimate of drug-likeness (QED) is 0.147. The zero-order chi connectivity index (χ0) is 55.9. The molecule has 0 N–H and O–H groups in total. The van der Waals surface area contributed by atoms with Crippen LogP contribution in [0.5, 0.6) is 0 Å². The van der Waals surface area contributed by atoms with Crippen LogP contribution in [0.15, 0.2) is 243 Å². The van der Waals surface area contributed by atoms with Gasteiger partial charge in [0.1, 0.15) is 0 Å². The van der Waals surface area contributed by atoms with E-state index in [2.05, 4.69) is 303 Å². The molecule has 11 aromatic rings. The molecule has 2 atom stereocenters. The summed E-state index contributed by atoms with van der Waals surface area (Å²) in [7, 11) is 0. The maximum absolute atomic E-state index is 2.58. The zero-order valence-electron chi connectivity index (χ0n) is 48.5. The van der Waals surface area contributed by atoms with Gasteiger partial charge in [-0.15, -0.1) is 0 Å². The number of rotatable bonds is 8. The van der Waals surface area contributed by atoms with E-state index in [1.165, 1.54) is 128 Å². The molecule has 1 spiro atoms. The Balaban J connectivity index is 0.831. The average molecular weight is 1060 g/mol. The first-order valence-electron chi connectivity index (χ1n) is 29.7. The van der Waals surface area contributed by atoms with Crippen molar-refractivity contribution >= 4 is 17.1 Å². The second-order valence-electron chi connectivity index (χ2n) is 26.7. The fraction of sp³-hybridized carbons (Fsp3) is 0.185. The monoisotopic (exact) mass is 1060 g/mol. The first kappa shape index (κ1) is 50.2. The summed E-state index contributed by atoms with van der Waals surface area (Å²) in [4.78, 5) is 2.47. The molecule has 0 aliphatic heterocycles. The van der Waals surface area contributed by atoms with Crippen LogP contribution in [0.3, 0.4) is 0 Å². The molecule has 398 valence electrons. The van der Waals surface area contributed by atoms with E-state index in [9.17, 15) is 0 Å². The van der Waals surface area contributed by atoms with Crippen LogP contribution in [0.1, 0.15) is 118 Å². The second kappa shape index (κ2) is 18.4. The van der Waals surface area contributed by atoms with Crippen molar-refractivity contribution in [3.63, 3.8) is 0 Å². The molecule has 82 heavy (non-hydrogen) atoms. The molecule has 1 heteroatoms. The Hall–Kier alpha value is -8.78. The Morgan fingerprint density at radius 2 is 0.805 bits per heavy atom. The largest absolute Gasteiger partial charge is 0.310 e. The molecule has 4 aliphatic rings. The van der Waals surface area contributed by atoms with Gasteiger partial charge in [-0.05, 0) is 206 Å². The maximum Gasteiger partial charge on any atom is 0.0725 e. The van der Waals surface area contributed by atoms with Crippen LogP contribution in [0.4, 0.5) is 17.1 Å². The number of nitrogens with zero attached hydrogens (tertiary/aromatic N) is 1. The molecule has 0 fully saturated rings. The molecule has 15 rings (SSSR count). The van der Waals surface area contributed by atoms with Gasteiger partial charge in [0.15, 0.2) is 0 Å². The predicted molar refractivity (Wildman–Crippen MR) is 346 cm³/mol. The second-order valence-corrected chi connectivity index (χ2v) is 26.7. The van der Waals surface area contributed by atoms with E-state index in [1.54, 1.807) is 0 Å². The fourth-order valence-corrected chi connectivity index (χ4v) is 15.3. The molecular formula is C81H69N. The van der Waals surface area contributed by atoms with Crippen molar-refractivity contribution in [2.24, 2.45) is 10.8 Å². The molecule has 2 unspecified atom stereocenters. The number of anilines is 3. The van der Waals surface area contributed by atoms with Gasteiger partial charge in [0.05, 0.1) is 5.41 Å². The van der Waals surface area contributed by atoms with Crippen molar-refractivity contribution in [1.29, 1.82) is 0 Å². The molecule has 0 heterocycles. The highest BCUT2D eigenvalue weighted by molar-refractivity contribution is 5.97. The van der Waals surface area contributed by atoms with Crippen LogP contribution in [0.2, 0.25) is 0 Å². The summed E-state index contributed by atoms with van der Waals surface area (Å²) in [5.74, 6) is 0.390. The SMILES string of the molecule is CC(C)(C)CC(c1ccccc1-c1ccc2c(c1)C1(c3ccccc3-c3ccc(-c4ccc5c(c4)Cc4ccc(N(c6ccc(-c7ccccc7)cc6)c6ccc7c(c6)C(C)(C)c6ccccc6-7)cc4-5)cc31)c1ccccc1-2)C(C)(C)C. The smallest absolute Gasteiger partial charge is 0.0725 e. The molecule has 0 saturated carbocycles. The molecule has 0 amide bonds. The third-order valence-electron chi connectivity index (χ3n) is 19.1. The highest BCUT2D eigenvalue weighted by atomic mass is 15.1. The summed E-state index contributed by atoms with van der Waals surface area (Å²) in [5.41, 5.74) is 33.7. The fourth-order valence-electron chi connectivity index (χ4n) is 15.3. The highest BCUT2D eigenvalue weighted by Gasteiger charge is 2.52. The number of benzene rings is 11. The Bertz CT molecular complexity index is 4370. The van der Waals surface area contributed by atoms with Gasteiger partial charge in [-0.2, -0.15) is 0 Å². The molecule has 0 aromatic heterocycles. The highest BCUT2D eigenvalue weighted by Crippen LogP contribution is 2.64. The summed E-state index contributed by atoms with van der Waals surface area (Å²) in [5, 5.41) is 0. The van der Waals surface area contributed by atoms with E-state index in [-0.39, 0.29) is 16.2 Å². The van der Waals surface area contributed by atoms with Crippen molar-refractivity contribution in [3.05, 3.63) is 293 Å². The zero-order valence-corrected chi connectivity index (χ0v) is 48.5. The van der Waals surface area contributed by atoms with Crippen LogP contribution >= 0.6 is 0 Å². The van der Waals surface area contributed by atoms with Crippen molar-refractivity contribution in [3.8, 4) is 77.9 Å². The predicted octanol–water partition coefficient (Wildman–Crippen LogP) is 21.9. The van der Waals surface area contributed by atoms with Gasteiger partial charge in [0.2, 0.25) is 0 Å². The third kappa shape index (κ3) is 7.72. The van der Waals surface area contributed by atoms with E-state index >= 15 is 0 Å². The molecule has 0 saturated heterocycles. The minimum atomic E-state index is -0.483. The summed E-state index contributed by atoms with van der Waals surface area (Å²) in [6.45, 7) is 19.2. The van der Waals surface area contributed by atoms with E-state index in [0.717, 1.165) is 29.9 Å². The van der Waals surface area contributed by atoms with Crippen LogP contribution in [0, 0.1) is 10.8 Å².